The summed E-state index contributed by atoms with van der Waals surface area (Å²) in [6.07, 6.45) is 0. The Morgan fingerprint density at radius 1 is 0.857 bits per heavy atom. The lowest BCUT2D eigenvalue weighted by molar-refractivity contribution is 0.0970. The molecular formula is C23H18N4O. The van der Waals surface area contributed by atoms with Crippen LogP contribution in [0.25, 0.3) is 33.2 Å². The number of Topliss-reactive ketones (excluding diaryl/α,β-unsaturated/α-hetero) is 1. The van der Waals surface area contributed by atoms with Crippen molar-refractivity contribution in [1.29, 1.82) is 0 Å². The second kappa shape index (κ2) is 6.46. The molecule has 3 aromatic carbocycles. The molecule has 5 nitrogen and oxygen atoms in total. The van der Waals surface area contributed by atoms with Gasteiger partial charge >= 0.3 is 0 Å². The highest BCUT2D eigenvalue weighted by atomic mass is 16.1. The number of hydrogen-bond donors (Lipinski definition) is 0. The van der Waals surface area contributed by atoms with E-state index in [4.69, 9.17) is 0 Å². The fourth-order valence-corrected chi connectivity index (χ4v) is 3.86. The molecule has 5 aromatic rings. The van der Waals surface area contributed by atoms with Crippen LogP contribution in [0, 0.1) is 0 Å². The Kier molecular flexibility index (Phi) is 3.79. The van der Waals surface area contributed by atoms with Gasteiger partial charge in [-0.3, -0.25) is 4.79 Å². The van der Waals surface area contributed by atoms with E-state index in [1.54, 1.807) is 4.68 Å². The van der Waals surface area contributed by atoms with Crippen LogP contribution in [0.3, 0.4) is 0 Å². The molecule has 5 heteroatoms. The summed E-state index contributed by atoms with van der Waals surface area (Å²) in [6, 6.07) is 25.7. The van der Waals surface area contributed by atoms with Gasteiger partial charge < -0.3 is 4.57 Å². The van der Waals surface area contributed by atoms with Crippen LogP contribution >= 0.6 is 0 Å². The van der Waals surface area contributed by atoms with Crippen LogP contribution in [0.1, 0.15) is 10.4 Å². The molecule has 0 spiro atoms. The third kappa shape index (κ3) is 2.52. The first-order chi connectivity index (χ1) is 13.7. The van der Waals surface area contributed by atoms with E-state index in [1.807, 2.05) is 85.9 Å². The summed E-state index contributed by atoms with van der Waals surface area (Å²) in [5.74, 6) is 0.0197. The summed E-state index contributed by atoms with van der Waals surface area (Å²) < 4.78 is 3.77. The lowest BCUT2D eigenvalue weighted by Gasteiger charge is -2.08. The van der Waals surface area contributed by atoms with E-state index in [0.29, 0.717) is 0 Å². The van der Waals surface area contributed by atoms with Crippen molar-refractivity contribution in [2.75, 3.05) is 0 Å². The van der Waals surface area contributed by atoms with Gasteiger partial charge in [0.15, 0.2) is 5.78 Å². The molecule has 28 heavy (non-hydrogen) atoms. The predicted molar refractivity (Wildman–Crippen MR) is 110 cm³/mol. The highest BCUT2D eigenvalue weighted by molar-refractivity contribution is 6.13. The SMILES string of the molecule is Cn1c(-c2ccccc2)c(C(=O)Cn2nnc3ccccc32)c2ccccc21. The minimum absolute atomic E-state index is 0.0197. The Morgan fingerprint density at radius 3 is 2.36 bits per heavy atom. The highest BCUT2D eigenvalue weighted by Gasteiger charge is 2.23. The Balaban J connectivity index is 1.68. The minimum atomic E-state index is 0.0197. The molecule has 0 N–H and O–H groups in total. The molecule has 2 aromatic heterocycles. The number of fused-ring (bicyclic) bond motifs is 2. The minimum Gasteiger partial charge on any atom is -0.343 e. The number of benzene rings is 3. The van der Waals surface area contributed by atoms with E-state index in [-0.39, 0.29) is 12.3 Å². The summed E-state index contributed by atoms with van der Waals surface area (Å²) in [5, 5.41) is 9.31. The molecule has 0 atom stereocenters. The average Bonchev–Trinajstić information content (AvgIpc) is 3.28. The van der Waals surface area contributed by atoms with Crippen LogP contribution in [0.5, 0.6) is 0 Å². The zero-order valence-electron chi connectivity index (χ0n) is 15.4. The zero-order chi connectivity index (χ0) is 19.1. The third-order valence-corrected chi connectivity index (χ3v) is 5.15. The van der Waals surface area contributed by atoms with Crippen molar-refractivity contribution in [3.8, 4) is 11.3 Å². The third-order valence-electron chi connectivity index (χ3n) is 5.15. The lowest BCUT2D eigenvalue weighted by atomic mass is 10.0. The number of hydrogen-bond acceptors (Lipinski definition) is 3. The quantitative estimate of drug-likeness (QED) is 0.441. The standard InChI is InChI=1S/C23H18N4O/c1-26-19-13-7-5-11-17(19)22(23(26)16-9-3-2-4-10-16)21(28)15-27-20-14-8-6-12-18(20)24-25-27/h2-14H,15H2,1H3. The number of aromatic nitrogens is 4. The topological polar surface area (TPSA) is 52.7 Å². The fourth-order valence-electron chi connectivity index (χ4n) is 3.86. The van der Waals surface area contributed by atoms with Crippen LogP contribution < -0.4 is 0 Å². The van der Waals surface area contributed by atoms with Crippen LogP contribution in [0.4, 0.5) is 0 Å². The van der Waals surface area contributed by atoms with Crippen LogP contribution in [-0.2, 0) is 13.6 Å². The van der Waals surface area contributed by atoms with Gasteiger partial charge in [-0.1, -0.05) is 65.9 Å². The van der Waals surface area contributed by atoms with Gasteiger partial charge in [0, 0.05) is 18.0 Å². The van der Waals surface area contributed by atoms with Crippen molar-refractivity contribution in [1.82, 2.24) is 19.6 Å². The number of para-hydroxylation sites is 2. The van der Waals surface area contributed by atoms with Gasteiger partial charge in [0.1, 0.15) is 12.1 Å². The normalized spacial score (nSPS) is 11.3. The number of rotatable bonds is 4. The molecule has 136 valence electrons. The molecule has 0 saturated heterocycles. The number of carbonyl (C=O) groups excluding carboxylic acids is 1. The van der Waals surface area contributed by atoms with Gasteiger partial charge in [0.2, 0.25) is 0 Å². The number of ketones is 1. The fraction of sp³-hybridized carbons (Fsp3) is 0.0870. The van der Waals surface area contributed by atoms with Gasteiger partial charge in [-0.15, -0.1) is 5.10 Å². The monoisotopic (exact) mass is 366 g/mol. The van der Waals surface area contributed by atoms with Gasteiger partial charge in [0.05, 0.1) is 16.8 Å². The predicted octanol–water partition coefficient (Wildman–Crippen LogP) is 4.47. The van der Waals surface area contributed by atoms with E-state index < -0.39 is 0 Å². The Labute approximate surface area is 161 Å². The van der Waals surface area contributed by atoms with Crippen molar-refractivity contribution in [3.63, 3.8) is 0 Å². The van der Waals surface area contributed by atoms with Crippen molar-refractivity contribution in [2.45, 2.75) is 6.54 Å². The molecular weight excluding hydrogens is 348 g/mol. The Morgan fingerprint density at radius 2 is 1.54 bits per heavy atom. The number of carbonyl (C=O) groups is 1. The maximum Gasteiger partial charge on any atom is 0.187 e. The van der Waals surface area contributed by atoms with E-state index in [0.717, 1.165) is 38.8 Å². The molecule has 0 amide bonds. The largest absolute Gasteiger partial charge is 0.343 e. The number of aryl methyl sites for hydroxylation is 1. The van der Waals surface area contributed by atoms with Gasteiger partial charge in [0.25, 0.3) is 0 Å². The van der Waals surface area contributed by atoms with Crippen molar-refractivity contribution in [2.24, 2.45) is 7.05 Å². The van der Waals surface area contributed by atoms with E-state index in [1.165, 1.54) is 0 Å². The maximum atomic E-state index is 13.5. The van der Waals surface area contributed by atoms with Crippen LogP contribution in [-0.4, -0.2) is 25.3 Å². The Bertz CT molecular complexity index is 1310. The average molecular weight is 366 g/mol. The van der Waals surface area contributed by atoms with E-state index >= 15 is 0 Å². The smallest absolute Gasteiger partial charge is 0.187 e. The van der Waals surface area contributed by atoms with Crippen LogP contribution in [0.15, 0.2) is 78.9 Å². The molecule has 5 rings (SSSR count). The van der Waals surface area contributed by atoms with Crippen molar-refractivity contribution >= 4 is 27.7 Å². The molecule has 0 bridgehead atoms. The first kappa shape index (κ1) is 16.4. The molecule has 0 unspecified atom stereocenters. The molecule has 0 aliphatic rings. The summed E-state index contributed by atoms with van der Waals surface area (Å²) >= 11 is 0. The van der Waals surface area contributed by atoms with E-state index in [9.17, 15) is 4.79 Å². The number of nitrogens with zero attached hydrogens (tertiary/aromatic N) is 4. The molecule has 2 heterocycles. The zero-order valence-corrected chi connectivity index (χ0v) is 15.4. The highest BCUT2D eigenvalue weighted by Crippen LogP contribution is 2.33. The second-order valence-electron chi connectivity index (χ2n) is 6.82. The molecule has 0 saturated carbocycles. The van der Waals surface area contributed by atoms with Crippen molar-refractivity contribution in [3.05, 3.63) is 84.4 Å². The van der Waals surface area contributed by atoms with E-state index in [2.05, 4.69) is 14.9 Å². The van der Waals surface area contributed by atoms with Gasteiger partial charge in [-0.05, 0) is 23.8 Å². The van der Waals surface area contributed by atoms with Gasteiger partial charge in [-0.25, -0.2) is 4.68 Å². The molecule has 0 aliphatic heterocycles. The van der Waals surface area contributed by atoms with Gasteiger partial charge in [-0.2, -0.15) is 0 Å². The second-order valence-corrected chi connectivity index (χ2v) is 6.82. The summed E-state index contributed by atoms with van der Waals surface area (Å²) in [4.78, 5) is 13.5. The molecule has 0 aliphatic carbocycles. The Hall–Kier alpha value is -3.73. The summed E-state index contributed by atoms with van der Waals surface area (Å²) in [5.41, 5.74) is 5.36. The maximum absolute atomic E-state index is 13.5. The molecule has 0 fully saturated rings. The lowest BCUT2D eigenvalue weighted by Crippen LogP contribution is -2.13. The summed E-state index contributed by atoms with van der Waals surface area (Å²) in [6.45, 7) is 0.147. The first-order valence-electron chi connectivity index (χ1n) is 9.18. The summed E-state index contributed by atoms with van der Waals surface area (Å²) in [7, 11) is 2.01. The van der Waals surface area contributed by atoms with Crippen LogP contribution in [0.2, 0.25) is 0 Å². The molecule has 0 radical (unpaired) electrons. The first-order valence-corrected chi connectivity index (χ1v) is 9.18. The van der Waals surface area contributed by atoms with Crippen molar-refractivity contribution < 1.29 is 4.79 Å².